The molecule has 4 heterocycles. The Hall–Kier alpha value is -5.15. The van der Waals surface area contributed by atoms with E-state index in [0.717, 1.165) is 75.7 Å². The van der Waals surface area contributed by atoms with Crippen molar-refractivity contribution in [2.24, 2.45) is 5.92 Å². The van der Waals surface area contributed by atoms with Crippen LogP contribution in [0.25, 0.3) is 0 Å². The van der Waals surface area contributed by atoms with Crippen LogP contribution in [0, 0.1) is 5.92 Å². The zero-order valence-corrected chi connectivity index (χ0v) is 33.4. The molecule has 3 saturated heterocycles. The molecule has 0 unspecified atom stereocenters. The molecule has 1 aliphatic carbocycles. The second-order valence-electron chi connectivity index (χ2n) is 17.1. The van der Waals surface area contributed by atoms with E-state index in [2.05, 4.69) is 119 Å². The molecule has 1 N–H and O–H groups in total. The van der Waals surface area contributed by atoms with Gasteiger partial charge in [-0.15, -0.1) is 0 Å². The average molecular weight is 766 g/mol. The second kappa shape index (κ2) is 16.0. The summed E-state index contributed by atoms with van der Waals surface area (Å²) in [5, 5.41) is 2.39. The first-order valence-corrected chi connectivity index (χ1v) is 21.2. The maximum Gasteiger partial charge on any atom is 0.255 e. The lowest BCUT2D eigenvalue weighted by Gasteiger charge is -2.40. The van der Waals surface area contributed by atoms with Gasteiger partial charge in [-0.2, -0.15) is 0 Å². The van der Waals surface area contributed by atoms with E-state index in [0.29, 0.717) is 36.3 Å². The van der Waals surface area contributed by atoms with E-state index in [1.807, 2.05) is 6.07 Å². The zero-order chi connectivity index (χ0) is 39.0. The van der Waals surface area contributed by atoms with Gasteiger partial charge in [0.1, 0.15) is 11.8 Å². The number of fused-ring (bicyclic) bond motifs is 2. The standard InChI is InChI=1S/C48H55N5O4/c1-32(2)57-40-14-17-42-36(29-40)10-15-41(34-6-4-3-5-7-34)46(42)35-8-11-38(12-9-35)51-22-20-33(21-23-51)30-50-24-26-52(27-25-50)39-13-16-43-37(28-39)31-53(48(43)56)44-18-19-45(54)49-47(44)55/h3-9,11-14,16-17,28-29,32-33,41,44,46H,10,15,18-27,30-31H2,1-2H3,(H,49,54,55)/t41-,44+,46+/m1/s1. The van der Waals surface area contributed by atoms with Crippen molar-refractivity contribution >= 4 is 29.1 Å². The summed E-state index contributed by atoms with van der Waals surface area (Å²) in [6.07, 6.45) is 5.41. The third-order valence-corrected chi connectivity index (χ3v) is 13.2. The molecule has 3 atom stereocenters. The lowest BCUT2D eigenvalue weighted by atomic mass is 9.69. The lowest BCUT2D eigenvalue weighted by Crippen LogP contribution is -2.52. The van der Waals surface area contributed by atoms with E-state index in [4.69, 9.17) is 4.74 Å². The summed E-state index contributed by atoms with van der Waals surface area (Å²) in [6, 6.07) is 32.9. The summed E-state index contributed by atoms with van der Waals surface area (Å²) in [5.41, 5.74) is 9.76. The third-order valence-electron chi connectivity index (χ3n) is 13.2. The van der Waals surface area contributed by atoms with E-state index in [-0.39, 0.29) is 30.2 Å². The van der Waals surface area contributed by atoms with Crippen molar-refractivity contribution in [2.45, 2.75) is 82.9 Å². The fraction of sp³-hybridized carbons (Fsp3) is 0.438. The van der Waals surface area contributed by atoms with Gasteiger partial charge in [0, 0.05) is 81.6 Å². The van der Waals surface area contributed by atoms with E-state index in [1.54, 1.807) is 4.90 Å². The normalized spacial score (nSPS) is 23.1. The van der Waals surface area contributed by atoms with Crippen molar-refractivity contribution in [1.29, 1.82) is 0 Å². The first kappa shape index (κ1) is 37.4. The predicted molar refractivity (Wildman–Crippen MR) is 224 cm³/mol. The number of carbonyl (C=O) groups is 3. The molecule has 3 amide bonds. The van der Waals surface area contributed by atoms with Gasteiger partial charge in [0.05, 0.1) is 6.10 Å². The topological polar surface area (TPSA) is 85.4 Å². The fourth-order valence-electron chi connectivity index (χ4n) is 10.2. The Labute approximate surface area is 337 Å². The number of piperidine rings is 2. The lowest BCUT2D eigenvalue weighted by molar-refractivity contribution is -0.136. The highest BCUT2D eigenvalue weighted by atomic mass is 16.5. The molecule has 0 radical (unpaired) electrons. The molecule has 4 aromatic carbocycles. The Morgan fingerprint density at radius 2 is 1.44 bits per heavy atom. The fourth-order valence-corrected chi connectivity index (χ4v) is 10.2. The summed E-state index contributed by atoms with van der Waals surface area (Å²) in [6.45, 7) is 11.9. The predicted octanol–water partition coefficient (Wildman–Crippen LogP) is 7.14. The number of amides is 3. The summed E-state index contributed by atoms with van der Waals surface area (Å²) in [4.78, 5) is 46.6. The third kappa shape index (κ3) is 7.78. The molecule has 9 heteroatoms. The quantitative estimate of drug-likeness (QED) is 0.182. The van der Waals surface area contributed by atoms with E-state index in [1.165, 1.54) is 40.8 Å². The van der Waals surface area contributed by atoms with Crippen molar-refractivity contribution in [3.05, 3.63) is 124 Å². The van der Waals surface area contributed by atoms with Crippen LogP contribution < -0.4 is 19.9 Å². The number of carbonyl (C=O) groups excluding carboxylic acids is 3. The molecule has 5 aliphatic rings. The van der Waals surface area contributed by atoms with Gasteiger partial charge in [-0.3, -0.25) is 24.6 Å². The number of imide groups is 1. The van der Waals surface area contributed by atoms with Crippen molar-refractivity contribution < 1.29 is 19.1 Å². The smallest absolute Gasteiger partial charge is 0.255 e. The minimum atomic E-state index is -0.583. The molecule has 9 rings (SSSR count). The summed E-state index contributed by atoms with van der Waals surface area (Å²) in [5.74, 6) is 1.68. The van der Waals surface area contributed by atoms with E-state index >= 15 is 0 Å². The summed E-state index contributed by atoms with van der Waals surface area (Å²) < 4.78 is 6.09. The van der Waals surface area contributed by atoms with Gasteiger partial charge in [0.2, 0.25) is 11.8 Å². The molecule has 4 aromatic rings. The Morgan fingerprint density at radius 3 is 2.18 bits per heavy atom. The molecule has 3 fully saturated rings. The Kier molecular flexibility index (Phi) is 10.5. The first-order valence-electron chi connectivity index (χ1n) is 21.2. The van der Waals surface area contributed by atoms with Crippen LogP contribution in [0.3, 0.4) is 0 Å². The second-order valence-corrected chi connectivity index (χ2v) is 17.1. The van der Waals surface area contributed by atoms with Crippen LogP contribution in [0.5, 0.6) is 5.75 Å². The Balaban J connectivity index is 0.786. The number of hydrogen-bond acceptors (Lipinski definition) is 7. The van der Waals surface area contributed by atoms with Gasteiger partial charge in [0.15, 0.2) is 0 Å². The number of benzene rings is 4. The van der Waals surface area contributed by atoms with Crippen LogP contribution >= 0.6 is 0 Å². The van der Waals surface area contributed by atoms with Crippen LogP contribution in [0.2, 0.25) is 0 Å². The van der Waals surface area contributed by atoms with E-state index < -0.39 is 6.04 Å². The number of anilines is 2. The largest absolute Gasteiger partial charge is 0.491 e. The highest BCUT2D eigenvalue weighted by molar-refractivity contribution is 6.05. The van der Waals surface area contributed by atoms with Gasteiger partial charge < -0.3 is 19.4 Å². The van der Waals surface area contributed by atoms with Crippen LogP contribution in [0.1, 0.15) is 96.0 Å². The van der Waals surface area contributed by atoms with Gasteiger partial charge in [-0.05, 0) is 128 Å². The molecule has 57 heavy (non-hydrogen) atoms. The Bertz CT molecular complexity index is 2100. The maximum absolute atomic E-state index is 13.2. The van der Waals surface area contributed by atoms with E-state index in [9.17, 15) is 14.4 Å². The van der Waals surface area contributed by atoms with Gasteiger partial charge in [-0.1, -0.05) is 48.5 Å². The maximum atomic E-state index is 13.2. The highest BCUT2D eigenvalue weighted by Gasteiger charge is 2.39. The molecule has 4 aliphatic heterocycles. The van der Waals surface area contributed by atoms with Gasteiger partial charge in [0.25, 0.3) is 5.91 Å². The zero-order valence-electron chi connectivity index (χ0n) is 33.4. The molecular weight excluding hydrogens is 711 g/mol. The highest BCUT2D eigenvalue weighted by Crippen LogP contribution is 2.47. The van der Waals surface area contributed by atoms with Crippen LogP contribution in [0.4, 0.5) is 11.4 Å². The van der Waals surface area contributed by atoms with Crippen molar-refractivity contribution in [1.82, 2.24) is 15.1 Å². The molecule has 0 aromatic heterocycles. The number of ether oxygens (including phenoxy) is 1. The number of hydrogen-bond donors (Lipinski definition) is 1. The van der Waals surface area contributed by atoms with Crippen molar-refractivity contribution in [3.63, 3.8) is 0 Å². The first-order chi connectivity index (χ1) is 27.8. The number of rotatable bonds is 9. The van der Waals surface area contributed by atoms with Crippen LogP contribution in [0.15, 0.2) is 91.0 Å². The minimum absolute atomic E-state index is 0.117. The van der Waals surface area contributed by atoms with Gasteiger partial charge in [-0.25, -0.2) is 0 Å². The average Bonchev–Trinajstić information content (AvgIpc) is 3.56. The monoisotopic (exact) mass is 765 g/mol. The van der Waals surface area contributed by atoms with Crippen LogP contribution in [-0.2, 0) is 22.6 Å². The van der Waals surface area contributed by atoms with Crippen molar-refractivity contribution in [3.8, 4) is 5.75 Å². The van der Waals surface area contributed by atoms with Crippen molar-refractivity contribution in [2.75, 3.05) is 55.6 Å². The molecule has 0 saturated carbocycles. The number of piperazine rings is 1. The summed E-state index contributed by atoms with van der Waals surface area (Å²) >= 11 is 0. The number of aryl methyl sites for hydroxylation is 1. The molecular formula is C48H55N5O4. The SMILES string of the molecule is CC(C)Oc1ccc2c(c1)CC[C@H](c1ccccc1)[C@@H]2c1ccc(N2CCC(CN3CCN(c4ccc5c(c4)CN([C@H]4CCC(=O)NC4=O)C5=O)CC3)CC2)cc1. The van der Waals surface area contributed by atoms with Crippen LogP contribution in [-0.4, -0.2) is 85.5 Å². The molecule has 296 valence electrons. The van der Waals surface area contributed by atoms with Gasteiger partial charge >= 0.3 is 0 Å². The number of nitrogens with one attached hydrogen (secondary N) is 1. The summed E-state index contributed by atoms with van der Waals surface area (Å²) in [7, 11) is 0. The molecule has 9 nitrogen and oxygen atoms in total. The number of nitrogens with zero attached hydrogens (tertiary/aromatic N) is 4. The molecule has 0 bridgehead atoms. The Morgan fingerprint density at radius 1 is 0.702 bits per heavy atom. The molecule has 0 spiro atoms. The minimum Gasteiger partial charge on any atom is -0.491 e.